The molecule has 3 aromatic carbocycles. The maximum absolute atomic E-state index is 12.4. The summed E-state index contributed by atoms with van der Waals surface area (Å²) in [6.07, 6.45) is 3.29. The number of nitrogens with one attached hydrogen (secondary N) is 1. The van der Waals surface area contributed by atoms with Crippen LogP contribution < -0.4 is 14.8 Å². The first-order valence-electron chi connectivity index (χ1n) is 11.3. The van der Waals surface area contributed by atoms with E-state index in [0.29, 0.717) is 17.9 Å². The zero-order valence-electron chi connectivity index (χ0n) is 18.6. The number of aliphatic hydroxyl groups excluding tert-OH is 1. The number of para-hydroxylation sites is 1. The standard InChI is InChI=1S/C27H27NO6/c29-19-4-3-5-23(17-19)34-22-14-12-21(13-15-22)33-20-10-8-18(9-11-20)16-26(30)28-25-7-2-1-6-24(25)27(31)32/h1-2,6-15,19,23,29H,3-5,16-17H2,(H,28,30)(H,31,32). The normalized spacial score (nSPS) is 17.6. The number of carbonyl (C=O) groups is 2. The van der Waals surface area contributed by atoms with Gasteiger partial charge in [0.15, 0.2) is 0 Å². The third kappa shape index (κ3) is 6.36. The number of hydrogen-bond acceptors (Lipinski definition) is 5. The third-order valence-electron chi connectivity index (χ3n) is 5.68. The zero-order valence-corrected chi connectivity index (χ0v) is 18.6. The van der Waals surface area contributed by atoms with Gasteiger partial charge in [0.25, 0.3) is 0 Å². The molecule has 0 spiro atoms. The number of aromatic carboxylic acids is 1. The predicted molar refractivity (Wildman–Crippen MR) is 128 cm³/mol. The first kappa shape index (κ1) is 23.3. The maximum atomic E-state index is 12.4. The molecule has 34 heavy (non-hydrogen) atoms. The maximum Gasteiger partial charge on any atom is 0.337 e. The van der Waals surface area contributed by atoms with Crippen LogP contribution in [0.5, 0.6) is 17.2 Å². The Morgan fingerprint density at radius 2 is 1.53 bits per heavy atom. The summed E-state index contributed by atoms with van der Waals surface area (Å²) in [5.41, 5.74) is 1.09. The first-order chi connectivity index (χ1) is 16.5. The molecule has 176 valence electrons. The van der Waals surface area contributed by atoms with Crippen LogP contribution in [0.15, 0.2) is 72.8 Å². The third-order valence-corrected chi connectivity index (χ3v) is 5.68. The molecule has 3 N–H and O–H groups in total. The lowest BCUT2D eigenvalue weighted by atomic mass is 9.95. The minimum absolute atomic E-state index is 0.0397. The van der Waals surface area contributed by atoms with E-state index in [1.54, 1.807) is 42.5 Å². The van der Waals surface area contributed by atoms with E-state index in [1.807, 2.05) is 24.3 Å². The van der Waals surface area contributed by atoms with Crippen molar-refractivity contribution in [2.45, 2.75) is 44.3 Å². The number of amides is 1. The monoisotopic (exact) mass is 461 g/mol. The average Bonchev–Trinajstić information content (AvgIpc) is 2.82. The molecule has 1 fully saturated rings. The van der Waals surface area contributed by atoms with E-state index in [1.165, 1.54) is 6.07 Å². The van der Waals surface area contributed by atoms with Crippen LogP contribution in [0, 0.1) is 0 Å². The van der Waals surface area contributed by atoms with Gasteiger partial charge < -0.3 is 25.0 Å². The highest BCUT2D eigenvalue weighted by molar-refractivity contribution is 6.00. The van der Waals surface area contributed by atoms with E-state index in [-0.39, 0.29) is 35.8 Å². The van der Waals surface area contributed by atoms with E-state index in [4.69, 9.17) is 9.47 Å². The Hall–Kier alpha value is -3.84. The quantitative estimate of drug-likeness (QED) is 0.434. The lowest BCUT2D eigenvalue weighted by Gasteiger charge is -2.26. The fraction of sp³-hybridized carbons (Fsp3) is 0.259. The number of benzene rings is 3. The molecule has 1 amide bonds. The summed E-state index contributed by atoms with van der Waals surface area (Å²) in [6, 6.07) is 20.8. The van der Waals surface area contributed by atoms with Gasteiger partial charge in [-0.3, -0.25) is 4.79 Å². The van der Waals surface area contributed by atoms with Crippen LogP contribution in [0.25, 0.3) is 0 Å². The molecule has 1 aliphatic carbocycles. The van der Waals surface area contributed by atoms with Gasteiger partial charge in [-0.2, -0.15) is 0 Å². The number of carboxylic acids is 1. The van der Waals surface area contributed by atoms with Crippen molar-refractivity contribution in [3.8, 4) is 17.2 Å². The summed E-state index contributed by atoms with van der Waals surface area (Å²) < 4.78 is 11.8. The summed E-state index contributed by atoms with van der Waals surface area (Å²) in [5, 5.41) is 21.7. The Balaban J connectivity index is 1.30. The molecule has 0 saturated heterocycles. The fourth-order valence-electron chi connectivity index (χ4n) is 3.98. The first-order valence-corrected chi connectivity index (χ1v) is 11.3. The highest BCUT2D eigenvalue weighted by Gasteiger charge is 2.21. The summed E-state index contributed by atoms with van der Waals surface area (Å²) in [7, 11) is 0. The summed E-state index contributed by atoms with van der Waals surface area (Å²) >= 11 is 0. The Bertz CT molecular complexity index is 1130. The second-order valence-electron chi connectivity index (χ2n) is 8.35. The molecule has 0 heterocycles. The van der Waals surface area contributed by atoms with Crippen molar-refractivity contribution in [1.29, 1.82) is 0 Å². The van der Waals surface area contributed by atoms with Crippen LogP contribution in [-0.2, 0) is 11.2 Å². The Labute approximate surface area is 198 Å². The zero-order chi connectivity index (χ0) is 23.9. The van der Waals surface area contributed by atoms with Crippen LogP contribution in [0.4, 0.5) is 5.69 Å². The summed E-state index contributed by atoms with van der Waals surface area (Å²) in [6.45, 7) is 0. The van der Waals surface area contributed by atoms with Crippen molar-refractivity contribution < 1.29 is 29.3 Å². The lowest BCUT2D eigenvalue weighted by molar-refractivity contribution is -0.115. The molecule has 1 aliphatic rings. The van der Waals surface area contributed by atoms with Gasteiger partial charge in [0.1, 0.15) is 23.4 Å². The second kappa shape index (κ2) is 10.9. The van der Waals surface area contributed by atoms with Gasteiger partial charge in [-0.25, -0.2) is 4.79 Å². The highest BCUT2D eigenvalue weighted by atomic mass is 16.5. The van der Waals surface area contributed by atoms with Crippen molar-refractivity contribution in [2.24, 2.45) is 0 Å². The molecule has 7 nitrogen and oxygen atoms in total. The molecule has 0 aliphatic heterocycles. The predicted octanol–water partition coefficient (Wildman–Crippen LogP) is 5.04. The number of hydrogen-bond donors (Lipinski definition) is 3. The van der Waals surface area contributed by atoms with Crippen molar-refractivity contribution in [3.05, 3.63) is 83.9 Å². The molecular weight excluding hydrogens is 434 g/mol. The van der Waals surface area contributed by atoms with Gasteiger partial charge in [0.05, 0.1) is 23.8 Å². The van der Waals surface area contributed by atoms with Gasteiger partial charge in [0, 0.05) is 6.42 Å². The number of carboxylic acid groups (broad SMARTS) is 1. The molecule has 4 rings (SSSR count). The van der Waals surface area contributed by atoms with Crippen LogP contribution in [0.1, 0.15) is 41.6 Å². The number of ether oxygens (including phenoxy) is 2. The molecule has 2 unspecified atom stereocenters. The van der Waals surface area contributed by atoms with Crippen LogP contribution >= 0.6 is 0 Å². The van der Waals surface area contributed by atoms with Gasteiger partial charge in [-0.05, 0) is 73.4 Å². The van der Waals surface area contributed by atoms with Gasteiger partial charge in [-0.15, -0.1) is 0 Å². The van der Waals surface area contributed by atoms with Crippen molar-refractivity contribution in [1.82, 2.24) is 0 Å². The molecule has 0 radical (unpaired) electrons. The number of carbonyl (C=O) groups excluding carboxylic acids is 1. The van der Waals surface area contributed by atoms with Crippen molar-refractivity contribution in [3.63, 3.8) is 0 Å². The minimum atomic E-state index is -1.09. The molecule has 2 atom stereocenters. The summed E-state index contributed by atoms with van der Waals surface area (Å²) in [4.78, 5) is 23.7. The van der Waals surface area contributed by atoms with Crippen molar-refractivity contribution in [2.75, 3.05) is 5.32 Å². The molecule has 3 aromatic rings. The topological polar surface area (TPSA) is 105 Å². The minimum Gasteiger partial charge on any atom is -0.490 e. The van der Waals surface area contributed by atoms with E-state index < -0.39 is 5.97 Å². The van der Waals surface area contributed by atoms with E-state index in [2.05, 4.69) is 5.32 Å². The lowest BCUT2D eigenvalue weighted by Crippen LogP contribution is -2.28. The Morgan fingerprint density at radius 3 is 2.21 bits per heavy atom. The average molecular weight is 462 g/mol. The summed E-state index contributed by atoms with van der Waals surface area (Å²) in [5.74, 6) is 0.641. The van der Waals surface area contributed by atoms with Crippen LogP contribution in [0.2, 0.25) is 0 Å². The fourth-order valence-corrected chi connectivity index (χ4v) is 3.98. The second-order valence-corrected chi connectivity index (χ2v) is 8.35. The van der Waals surface area contributed by atoms with Gasteiger partial charge >= 0.3 is 5.97 Å². The van der Waals surface area contributed by atoms with Crippen LogP contribution in [-0.4, -0.2) is 34.3 Å². The van der Waals surface area contributed by atoms with E-state index >= 15 is 0 Å². The van der Waals surface area contributed by atoms with Gasteiger partial charge in [0.2, 0.25) is 5.91 Å². The molecule has 0 aromatic heterocycles. The van der Waals surface area contributed by atoms with E-state index in [0.717, 1.165) is 30.6 Å². The molecule has 7 heteroatoms. The van der Waals surface area contributed by atoms with E-state index in [9.17, 15) is 19.8 Å². The Morgan fingerprint density at radius 1 is 0.882 bits per heavy atom. The smallest absolute Gasteiger partial charge is 0.337 e. The largest absolute Gasteiger partial charge is 0.490 e. The molecular formula is C27H27NO6. The number of aliphatic hydroxyl groups is 1. The highest BCUT2D eigenvalue weighted by Crippen LogP contribution is 2.27. The van der Waals surface area contributed by atoms with Crippen molar-refractivity contribution >= 4 is 17.6 Å². The SMILES string of the molecule is O=C(Cc1ccc(Oc2ccc(OC3CCCC(O)C3)cc2)cc1)Nc1ccccc1C(=O)O. The van der Waals surface area contributed by atoms with Gasteiger partial charge in [-0.1, -0.05) is 24.3 Å². The number of anilines is 1. The van der Waals surface area contributed by atoms with Crippen LogP contribution in [0.3, 0.4) is 0 Å². The Kier molecular flexibility index (Phi) is 7.44. The molecule has 1 saturated carbocycles. The number of rotatable bonds is 8. The molecule has 0 bridgehead atoms.